The van der Waals surface area contributed by atoms with Crippen LogP contribution in [0.5, 0.6) is 0 Å². The number of nitriles is 1. The van der Waals surface area contributed by atoms with E-state index in [9.17, 15) is 4.79 Å². The van der Waals surface area contributed by atoms with Gasteiger partial charge in [-0.2, -0.15) is 5.26 Å². The van der Waals surface area contributed by atoms with E-state index < -0.39 is 0 Å². The van der Waals surface area contributed by atoms with Gasteiger partial charge in [0.05, 0.1) is 23.8 Å². The molecule has 1 aromatic carbocycles. The van der Waals surface area contributed by atoms with Crippen molar-refractivity contribution in [3.8, 4) is 6.07 Å². The number of carbonyl (C=O) groups excluding carboxylic acids is 1. The number of rotatable bonds is 3. The zero-order valence-electron chi connectivity index (χ0n) is 15.3. The molecule has 1 saturated heterocycles. The van der Waals surface area contributed by atoms with Crippen LogP contribution in [-0.2, 0) is 4.74 Å². The maximum atomic E-state index is 12.2. The van der Waals surface area contributed by atoms with Crippen LogP contribution in [0.4, 0.5) is 10.6 Å². The number of ether oxygens (including phenoxy) is 1. The summed E-state index contributed by atoms with van der Waals surface area (Å²) < 4.78 is 5.35. The van der Waals surface area contributed by atoms with E-state index in [1.165, 1.54) is 0 Å². The first-order valence-electron chi connectivity index (χ1n) is 9.04. The van der Waals surface area contributed by atoms with Crippen molar-refractivity contribution >= 4 is 22.8 Å². The molecule has 1 fully saturated rings. The zero-order chi connectivity index (χ0) is 18.5. The van der Waals surface area contributed by atoms with Crippen molar-refractivity contribution in [1.82, 2.24) is 9.88 Å². The van der Waals surface area contributed by atoms with E-state index >= 15 is 0 Å². The Morgan fingerprint density at radius 3 is 2.85 bits per heavy atom. The normalized spacial score (nSPS) is 15.0. The van der Waals surface area contributed by atoms with Gasteiger partial charge >= 0.3 is 6.09 Å². The number of benzene rings is 1. The lowest BCUT2D eigenvalue weighted by molar-refractivity contribution is 0.0943. The van der Waals surface area contributed by atoms with E-state index in [-0.39, 0.29) is 6.09 Å². The molecule has 6 nitrogen and oxygen atoms in total. The average molecular weight is 352 g/mol. The molecule has 0 radical (unpaired) electrons. The number of anilines is 1. The van der Waals surface area contributed by atoms with Gasteiger partial charge in [0.25, 0.3) is 0 Å². The fourth-order valence-corrected chi connectivity index (χ4v) is 3.02. The first kappa shape index (κ1) is 18.0. The summed E-state index contributed by atoms with van der Waals surface area (Å²) in [6, 6.07) is 11.6. The Balaban J connectivity index is 1.68. The third-order valence-corrected chi connectivity index (χ3v) is 4.42. The van der Waals surface area contributed by atoms with Crippen LogP contribution in [0, 0.1) is 17.2 Å². The largest absolute Gasteiger partial charge is 0.449 e. The summed E-state index contributed by atoms with van der Waals surface area (Å²) in [5, 5.41) is 9.96. The van der Waals surface area contributed by atoms with Crippen molar-refractivity contribution in [2.24, 2.45) is 5.92 Å². The van der Waals surface area contributed by atoms with E-state index in [0.717, 1.165) is 36.2 Å². The molecule has 0 aliphatic carbocycles. The second-order valence-corrected chi connectivity index (χ2v) is 6.99. The molecule has 2 heterocycles. The van der Waals surface area contributed by atoms with Crippen LogP contribution in [-0.4, -0.2) is 48.8 Å². The van der Waals surface area contributed by atoms with Crippen LogP contribution in [0.15, 0.2) is 30.3 Å². The average Bonchev–Trinajstić information content (AvgIpc) is 2.91. The minimum absolute atomic E-state index is 0.226. The molecule has 0 spiro atoms. The summed E-state index contributed by atoms with van der Waals surface area (Å²) in [7, 11) is 0. The molecular formula is C20H24N4O2. The van der Waals surface area contributed by atoms with Gasteiger partial charge in [0.15, 0.2) is 0 Å². The predicted molar refractivity (Wildman–Crippen MR) is 101 cm³/mol. The van der Waals surface area contributed by atoms with Crippen molar-refractivity contribution in [3.05, 3.63) is 35.9 Å². The lowest BCUT2D eigenvalue weighted by Crippen LogP contribution is -2.36. The van der Waals surface area contributed by atoms with Gasteiger partial charge < -0.3 is 14.5 Å². The summed E-state index contributed by atoms with van der Waals surface area (Å²) >= 11 is 0. The molecule has 136 valence electrons. The van der Waals surface area contributed by atoms with Crippen LogP contribution in [0.25, 0.3) is 10.9 Å². The summed E-state index contributed by atoms with van der Waals surface area (Å²) in [6.45, 7) is 7.42. The minimum atomic E-state index is -0.226. The fraction of sp³-hybridized carbons (Fsp3) is 0.450. The van der Waals surface area contributed by atoms with Crippen LogP contribution in [0.3, 0.4) is 0 Å². The first-order chi connectivity index (χ1) is 12.6. The Bertz CT molecular complexity index is 828. The molecule has 26 heavy (non-hydrogen) atoms. The summed E-state index contributed by atoms with van der Waals surface area (Å²) in [6.07, 6.45) is 0.653. The van der Waals surface area contributed by atoms with Crippen molar-refractivity contribution < 1.29 is 9.53 Å². The number of aromatic nitrogens is 1. The monoisotopic (exact) mass is 352 g/mol. The lowest BCUT2D eigenvalue weighted by atomic mass is 10.1. The topological polar surface area (TPSA) is 69.5 Å². The highest BCUT2D eigenvalue weighted by atomic mass is 16.6. The third kappa shape index (κ3) is 4.23. The molecule has 0 saturated carbocycles. The number of nitrogens with zero attached hydrogens (tertiary/aromatic N) is 4. The first-order valence-corrected chi connectivity index (χ1v) is 9.04. The molecule has 0 atom stereocenters. The Hall–Kier alpha value is -2.81. The van der Waals surface area contributed by atoms with E-state index in [4.69, 9.17) is 15.0 Å². The van der Waals surface area contributed by atoms with Crippen LogP contribution in [0.1, 0.15) is 25.8 Å². The summed E-state index contributed by atoms with van der Waals surface area (Å²) in [4.78, 5) is 20.9. The van der Waals surface area contributed by atoms with Gasteiger partial charge in [-0.05, 0) is 42.7 Å². The highest BCUT2D eigenvalue weighted by Gasteiger charge is 2.21. The van der Waals surface area contributed by atoms with Gasteiger partial charge in [-0.1, -0.05) is 13.8 Å². The number of hydrogen-bond acceptors (Lipinski definition) is 5. The van der Waals surface area contributed by atoms with Gasteiger partial charge in [0.1, 0.15) is 5.82 Å². The van der Waals surface area contributed by atoms with Crippen molar-refractivity contribution in [2.75, 3.05) is 37.7 Å². The highest BCUT2D eigenvalue weighted by molar-refractivity contribution is 5.81. The van der Waals surface area contributed by atoms with Crippen LogP contribution in [0.2, 0.25) is 0 Å². The lowest BCUT2D eigenvalue weighted by Gasteiger charge is -2.23. The molecule has 3 rings (SSSR count). The maximum Gasteiger partial charge on any atom is 0.409 e. The number of amides is 1. The zero-order valence-corrected chi connectivity index (χ0v) is 15.3. The minimum Gasteiger partial charge on any atom is -0.449 e. The van der Waals surface area contributed by atoms with Crippen molar-refractivity contribution in [3.63, 3.8) is 0 Å². The van der Waals surface area contributed by atoms with Gasteiger partial charge in [0.2, 0.25) is 0 Å². The van der Waals surface area contributed by atoms with Gasteiger partial charge in [-0.3, -0.25) is 0 Å². The molecule has 0 unspecified atom stereocenters. The van der Waals surface area contributed by atoms with Gasteiger partial charge in [0, 0.05) is 31.6 Å². The quantitative estimate of drug-likeness (QED) is 0.847. The smallest absolute Gasteiger partial charge is 0.409 e. The number of carbonyl (C=O) groups is 1. The Kier molecular flexibility index (Phi) is 5.57. The molecule has 1 amide bonds. The second-order valence-electron chi connectivity index (χ2n) is 6.99. The molecule has 6 heteroatoms. The number of fused-ring (bicyclic) bond motifs is 1. The Morgan fingerprint density at radius 2 is 2.08 bits per heavy atom. The summed E-state index contributed by atoms with van der Waals surface area (Å²) in [5.74, 6) is 1.24. The predicted octanol–water partition coefficient (Wildman–Crippen LogP) is 3.41. The third-order valence-electron chi connectivity index (χ3n) is 4.42. The summed E-state index contributed by atoms with van der Waals surface area (Å²) in [5.41, 5.74) is 1.51. The van der Waals surface area contributed by atoms with Crippen molar-refractivity contribution in [2.45, 2.75) is 20.3 Å². The highest BCUT2D eigenvalue weighted by Crippen LogP contribution is 2.20. The van der Waals surface area contributed by atoms with Crippen molar-refractivity contribution in [1.29, 1.82) is 5.26 Å². The van der Waals surface area contributed by atoms with E-state index in [1.807, 2.05) is 38.1 Å². The molecule has 1 aromatic heterocycles. The molecule has 0 bridgehead atoms. The SMILES string of the molecule is CC(C)COC(=O)N1CCCN(c2ccc3cc(C#N)ccc3n2)CC1. The molecule has 1 aliphatic heterocycles. The molecule has 2 aromatic rings. The van der Waals surface area contributed by atoms with Crippen LogP contribution < -0.4 is 4.90 Å². The van der Waals surface area contributed by atoms with Gasteiger partial charge in [-0.15, -0.1) is 0 Å². The maximum absolute atomic E-state index is 12.2. The molecule has 0 N–H and O–H groups in total. The van der Waals surface area contributed by atoms with E-state index in [0.29, 0.717) is 31.2 Å². The molecular weight excluding hydrogens is 328 g/mol. The number of hydrogen-bond donors (Lipinski definition) is 0. The van der Waals surface area contributed by atoms with Crippen LogP contribution >= 0.6 is 0 Å². The Labute approximate surface area is 154 Å². The molecule has 1 aliphatic rings. The van der Waals surface area contributed by atoms with E-state index in [2.05, 4.69) is 11.0 Å². The fourth-order valence-electron chi connectivity index (χ4n) is 3.02. The van der Waals surface area contributed by atoms with Gasteiger partial charge in [-0.25, -0.2) is 9.78 Å². The number of pyridine rings is 1. The second kappa shape index (κ2) is 8.05. The Morgan fingerprint density at radius 1 is 1.23 bits per heavy atom. The van der Waals surface area contributed by atoms with E-state index in [1.54, 1.807) is 11.0 Å². The standard InChI is InChI=1S/C20H24N4O2/c1-15(2)14-26-20(25)24-9-3-8-23(10-11-24)19-7-5-17-12-16(13-21)4-6-18(17)22-19/h4-7,12,15H,3,8-11,14H2,1-2H3.